The van der Waals surface area contributed by atoms with Gasteiger partial charge in [0, 0.05) is 24.3 Å². The summed E-state index contributed by atoms with van der Waals surface area (Å²) in [7, 11) is 1.95. The molecule has 0 N–H and O–H groups in total. The third-order valence-electron chi connectivity index (χ3n) is 4.98. The van der Waals surface area contributed by atoms with E-state index in [1.165, 1.54) is 12.1 Å². The highest BCUT2D eigenvalue weighted by Gasteiger charge is 2.31. The lowest BCUT2D eigenvalue weighted by Crippen LogP contribution is -2.35. The molecule has 0 aliphatic carbocycles. The van der Waals surface area contributed by atoms with Gasteiger partial charge in [0.05, 0.1) is 11.6 Å². The fraction of sp³-hybridized carbons (Fsp3) is 0.227. The maximum absolute atomic E-state index is 12.4. The second-order valence-electron chi connectivity index (χ2n) is 6.55. The number of halogens is 3. The van der Waals surface area contributed by atoms with E-state index in [0.717, 1.165) is 40.8 Å². The molecule has 0 aromatic heterocycles. The summed E-state index contributed by atoms with van der Waals surface area (Å²) < 4.78 is 41.2. The van der Waals surface area contributed by atoms with Gasteiger partial charge in [-0.25, -0.2) is 0 Å². The first-order chi connectivity index (χ1) is 13.3. The summed E-state index contributed by atoms with van der Waals surface area (Å²) in [6.07, 6.45) is 0.431. The maximum atomic E-state index is 12.4. The monoisotopic (exact) mass is 384 g/mol. The molecule has 1 aliphatic heterocycles. The van der Waals surface area contributed by atoms with Crippen molar-refractivity contribution in [2.24, 2.45) is 0 Å². The van der Waals surface area contributed by atoms with E-state index in [1.807, 2.05) is 13.1 Å². The van der Waals surface area contributed by atoms with Crippen LogP contribution >= 0.6 is 0 Å². The van der Waals surface area contributed by atoms with E-state index in [2.05, 4.69) is 28.9 Å². The fourth-order valence-electron chi connectivity index (χ4n) is 3.70. The molecule has 0 bridgehead atoms. The van der Waals surface area contributed by atoms with E-state index in [0.29, 0.717) is 5.56 Å². The predicted octanol–water partition coefficient (Wildman–Crippen LogP) is 5.70. The highest BCUT2D eigenvalue weighted by Crippen LogP contribution is 2.42. The van der Waals surface area contributed by atoms with Crippen LogP contribution in [-0.2, 0) is 6.42 Å². The highest BCUT2D eigenvalue weighted by molar-refractivity contribution is 5.85. The molecule has 0 fully saturated rings. The average Bonchev–Trinajstić information content (AvgIpc) is 2.66. The summed E-state index contributed by atoms with van der Waals surface area (Å²) in [4.78, 5) is 2.08. The van der Waals surface area contributed by atoms with Crippen molar-refractivity contribution in [3.8, 4) is 22.9 Å². The molecule has 6 heteroatoms. The quantitative estimate of drug-likeness (QED) is 0.634. The van der Waals surface area contributed by atoms with Gasteiger partial charge in [0.15, 0.2) is 0 Å². The molecule has 1 unspecified atom stereocenters. The van der Waals surface area contributed by atoms with Crippen LogP contribution in [0.2, 0.25) is 0 Å². The van der Waals surface area contributed by atoms with Crippen LogP contribution < -0.4 is 9.64 Å². The minimum Gasteiger partial charge on any atom is -0.406 e. The minimum atomic E-state index is -4.73. The summed E-state index contributed by atoms with van der Waals surface area (Å²) in [5.41, 5.74) is 4.73. The SMILES string of the molecule is C=Cc1c(C#N)cc(-c2ccc(OC(F)(F)F)cc2)c2c1N(C)C(C=C)CC2. The second kappa shape index (κ2) is 7.43. The zero-order valence-electron chi connectivity index (χ0n) is 15.4. The van der Waals surface area contributed by atoms with Gasteiger partial charge in [-0.3, -0.25) is 0 Å². The second-order valence-corrected chi connectivity index (χ2v) is 6.55. The number of hydrogen-bond donors (Lipinski definition) is 0. The molecule has 1 aliphatic rings. The number of rotatable bonds is 4. The van der Waals surface area contributed by atoms with Gasteiger partial charge in [0.2, 0.25) is 0 Å². The normalized spacial score (nSPS) is 16.1. The number of alkyl halides is 3. The number of ether oxygens (including phenoxy) is 1. The average molecular weight is 384 g/mol. The van der Waals surface area contributed by atoms with E-state index >= 15 is 0 Å². The van der Waals surface area contributed by atoms with Crippen molar-refractivity contribution in [2.75, 3.05) is 11.9 Å². The molecule has 28 heavy (non-hydrogen) atoms. The molecule has 1 atom stereocenters. The predicted molar refractivity (Wildman–Crippen MR) is 104 cm³/mol. The molecule has 1 heterocycles. The molecule has 0 saturated heterocycles. The van der Waals surface area contributed by atoms with Crippen molar-refractivity contribution in [3.05, 3.63) is 66.3 Å². The van der Waals surface area contributed by atoms with E-state index in [-0.39, 0.29) is 11.8 Å². The Morgan fingerprint density at radius 1 is 1.25 bits per heavy atom. The van der Waals surface area contributed by atoms with Crippen molar-refractivity contribution < 1.29 is 17.9 Å². The van der Waals surface area contributed by atoms with Crippen LogP contribution in [-0.4, -0.2) is 19.5 Å². The molecule has 2 aromatic carbocycles. The molecule has 3 nitrogen and oxygen atoms in total. The van der Waals surface area contributed by atoms with Gasteiger partial charge in [0.25, 0.3) is 0 Å². The Morgan fingerprint density at radius 2 is 1.93 bits per heavy atom. The van der Waals surface area contributed by atoms with Gasteiger partial charge in [-0.1, -0.05) is 30.9 Å². The van der Waals surface area contributed by atoms with Crippen molar-refractivity contribution in [3.63, 3.8) is 0 Å². The topological polar surface area (TPSA) is 36.3 Å². The first kappa shape index (κ1) is 19.6. The summed E-state index contributed by atoms with van der Waals surface area (Å²) in [6, 6.07) is 9.82. The Balaban J connectivity index is 2.15. The van der Waals surface area contributed by atoms with Gasteiger partial charge in [0.1, 0.15) is 5.75 Å². The minimum absolute atomic E-state index is 0.135. The number of likely N-dealkylation sites (N-methyl/N-ethyl adjacent to an activating group) is 1. The van der Waals surface area contributed by atoms with E-state index in [1.54, 1.807) is 24.3 Å². The van der Waals surface area contributed by atoms with Crippen molar-refractivity contribution >= 4 is 11.8 Å². The van der Waals surface area contributed by atoms with Crippen LogP contribution in [0.5, 0.6) is 5.75 Å². The number of hydrogen-bond acceptors (Lipinski definition) is 3. The van der Waals surface area contributed by atoms with Gasteiger partial charge >= 0.3 is 6.36 Å². The third-order valence-corrected chi connectivity index (χ3v) is 4.98. The standard InChI is InChI=1S/C22H19F3N2O/c1-4-16-8-11-19-20(12-15(13-26)18(5-2)21(19)27(16)3)14-6-9-17(10-7-14)28-22(23,24)25/h4-7,9-10,12,16H,1-2,8,11H2,3H3. The Bertz CT molecular complexity index is 956. The van der Waals surface area contributed by atoms with E-state index in [9.17, 15) is 18.4 Å². The first-order valence-electron chi connectivity index (χ1n) is 8.73. The van der Waals surface area contributed by atoms with E-state index < -0.39 is 6.36 Å². The zero-order valence-corrected chi connectivity index (χ0v) is 15.4. The van der Waals surface area contributed by atoms with Crippen LogP contribution in [0.1, 0.15) is 23.1 Å². The van der Waals surface area contributed by atoms with Crippen molar-refractivity contribution in [1.82, 2.24) is 0 Å². The largest absolute Gasteiger partial charge is 0.573 e. The third kappa shape index (κ3) is 3.61. The number of anilines is 1. The van der Waals surface area contributed by atoms with Gasteiger partial charge in [-0.05, 0) is 47.7 Å². The molecule has 3 rings (SSSR count). The Kier molecular flexibility index (Phi) is 5.19. The first-order valence-corrected chi connectivity index (χ1v) is 8.73. The lowest BCUT2D eigenvalue weighted by Gasteiger charge is -2.37. The summed E-state index contributed by atoms with van der Waals surface area (Å²) in [5.74, 6) is -0.280. The van der Waals surface area contributed by atoms with Gasteiger partial charge < -0.3 is 9.64 Å². The van der Waals surface area contributed by atoms with Crippen LogP contribution in [0.3, 0.4) is 0 Å². The lowest BCUT2D eigenvalue weighted by molar-refractivity contribution is -0.274. The highest BCUT2D eigenvalue weighted by atomic mass is 19.4. The number of fused-ring (bicyclic) bond motifs is 1. The molecule has 0 spiro atoms. The molecular formula is C22H19F3N2O. The molecule has 2 aromatic rings. The summed E-state index contributed by atoms with van der Waals surface area (Å²) in [6.45, 7) is 7.74. The molecule has 0 saturated carbocycles. The summed E-state index contributed by atoms with van der Waals surface area (Å²) >= 11 is 0. The van der Waals surface area contributed by atoms with Crippen molar-refractivity contribution in [2.45, 2.75) is 25.2 Å². The number of nitrogens with zero attached hydrogens (tertiary/aromatic N) is 2. The number of benzene rings is 2. The van der Waals surface area contributed by atoms with Crippen LogP contribution in [0.25, 0.3) is 17.2 Å². The molecule has 144 valence electrons. The zero-order chi connectivity index (χ0) is 20.5. The molecule has 0 radical (unpaired) electrons. The van der Waals surface area contributed by atoms with Crippen LogP contribution in [0.15, 0.2) is 49.6 Å². The van der Waals surface area contributed by atoms with Crippen molar-refractivity contribution in [1.29, 1.82) is 5.26 Å². The van der Waals surface area contributed by atoms with Crippen LogP contribution in [0.4, 0.5) is 18.9 Å². The summed E-state index contributed by atoms with van der Waals surface area (Å²) in [5, 5.41) is 9.62. The Hall–Kier alpha value is -3.20. The number of nitriles is 1. The fourth-order valence-corrected chi connectivity index (χ4v) is 3.70. The smallest absolute Gasteiger partial charge is 0.406 e. The maximum Gasteiger partial charge on any atom is 0.573 e. The van der Waals surface area contributed by atoms with Gasteiger partial charge in [-0.2, -0.15) is 5.26 Å². The molecular weight excluding hydrogens is 365 g/mol. The Labute approximate surface area is 162 Å². The van der Waals surface area contributed by atoms with Gasteiger partial charge in [-0.15, -0.1) is 19.8 Å². The van der Waals surface area contributed by atoms with Crippen LogP contribution in [0, 0.1) is 11.3 Å². The molecule has 0 amide bonds. The van der Waals surface area contributed by atoms with E-state index in [4.69, 9.17) is 0 Å². The lowest BCUT2D eigenvalue weighted by atomic mass is 9.85. The Morgan fingerprint density at radius 3 is 2.46 bits per heavy atom.